The number of ether oxygens (including phenoxy) is 3. The highest BCUT2D eigenvalue weighted by Crippen LogP contribution is 2.13. The number of carbonyl (C=O) groups excluding carboxylic acids is 3. The zero-order valence-corrected chi connectivity index (χ0v) is 50.3. The van der Waals surface area contributed by atoms with Gasteiger partial charge in [-0.2, -0.15) is 0 Å². The van der Waals surface area contributed by atoms with Crippen LogP contribution >= 0.6 is 0 Å². The number of esters is 3. The van der Waals surface area contributed by atoms with Gasteiger partial charge in [-0.15, -0.1) is 0 Å². The molecule has 0 rings (SSSR count). The van der Waals surface area contributed by atoms with E-state index in [4.69, 9.17) is 14.2 Å². The van der Waals surface area contributed by atoms with Crippen LogP contribution in [0.5, 0.6) is 0 Å². The Labute approximate surface area is 484 Å². The fraction of sp³-hybridized carbons (Fsp3) is 0.548. The summed E-state index contributed by atoms with van der Waals surface area (Å²) in [5.74, 6) is -1.06. The monoisotopic (exact) mass is 1080 g/mol. The van der Waals surface area contributed by atoms with E-state index in [1.807, 2.05) is 12.2 Å². The average Bonchev–Trinajstić information content (AvgIpc) is 3.45. The van der Waals surface area contributed by atoms with Gasteiger partial charge in [0.15, 0.2) is 6.10 Å². The second-order valence-electron chi connectivity index (χ2n) is 19.8. The van der Waals surface area contributed by atoms with Gasteiger partial charge < -0.3 is 14.2 Å². The average molecular weight is 1090 g/mol. The SMILES string of the molecule is CC/C=C\C/C=C\C/C=C\C/C=C\C/C=C\C/C=C\C/C=C\C/C=C\CCCCCCC(=O)OCC(COC(=O)CC/C=C\C/C=C\C/C=C\C/C=C\CC)OC(=O)CCCCCCCC/C=C\C/C=C\C/C=C\CCCCC. The lowest BCUT2D eigenvalue weighted by Gasteiger charge is -2.18. The molecular formula is C73H112O6. The van der Waals surface area contributed by atoms with E-state index in [-0.39, 0.29) is 44.0 Å². The van der Waals surface area contributed by atoms with Crippen LogP contribution in [0.25, 0.3) is 0 Å². The largest absolute Gasteiger partial charge is 0.462 e. The first kappa shape index (κ1) is 73.5. The van der Waals surface area contributed by atoms with Crippen LogP contribution in [0.15, 0.2) is 182 Å². The number of allylic oxidation sites excluding steroid dienone is 30. The molecular weight excluding hydrogens is 973 g/mol. The molecule has 0 aliphatic rings. The van der Waals surface area contributed by atoms with Crippen molar-refractivity contribution in [3.8, 4) is 0 Å². The number of hydrogen-bond acceptors (Lipinski definition) is 6. The lowest BCUT2D eigenvalue weighted by Crippen LogP contribution is -2.30. The van der Waals surface area contributed by atoms with Crippen LogP contribution in [0, 0.1) is 0 Å². The van der Waals surface area contributed by atoms with Crippen molar-refractivity contribution in [2.24, 2.45) is 0 Å². The Balaban J connectivity index is 4.49. The third kappa shape index (κ3) is 63.2. The summed E-state index contributed by atoms with van der Waals surface area (Å²) in [5, 5.41) is 0. The van der Waals surface area contributed by atoms with Crippen molar-refractivity contribution in [1.82, 2.24) is 0 Å². The molecule has 0 aromatic heterocycles. The van der Waals surface area contributed by atoms with E-state index in [9.17, 15) is 14.4 Å². The smallest absolute Gasteiger partial charge is 0.306 e. The van der Waals surface area contributed by atoms with Gasteiger partial charge in [0.05, 0.1) is 0 Å². The zero-order chi connectivity index (χ0) is 57.1. The Morgan fingerprint density at radius 3 is 0.848 bits per heavy atom. The normalized spacial score (nSPS) is 13.4. The van der Waals surface area contributed by atoms with Crippen molar-refractivity contribution in [3.63, 3.8) is 0 Å². The molecule has 0 fully saturated rings. The molecule has 0 aromatic rings. The van der Waals surface area contributed by atoms with Gasteiger partial charge in [0, 0.05) is 19.3 Å². The molecule has 0 spiro atoms. The van der Waals surface area contributed by atoms with Gasteiger partial charge in [0.2, 0.25) is 0 Å². The molecule has 0 saturated heterocycles. The van der Waals surface area contributed by atoms with Crippen LogP contribution in [-0.4, -0.2) is 37.2 Å². The Morgan fingerprint density at radius 1 is 0.266 bits per heavy atom. The Bertz CT molecular complexity index is 1870. The zero-order valence-electron chi connectivity index (χ0n) is 50.3. The Hall–Kier alpha value is -5.49. The second kappa shape index (κ2) is 65.0. The highest BCUT2D eigenvalue weighted by atomic mass is 16.6. The third-order valence-electron chi connectivity index (χ3n) is 12.4. The van der Waals surface area contributed by atoms with Crippen molar-refractivity contribution in [2.45, 2.75) is 245 Å². The van der Waals surface area contributed by atoms with E-state index in [1.165, 1.54) is 38.5 Å². The van der Waals surface area contributed by atoms with Crippen molar-refractivity contribution in [2.75, 3.05) is 13.2 Å². The maximum Gasteiger partial charge on any atom is 0.306 e. The highest BCUT2D eigenvalue weighted by molar-refractivity contribution is 5.71. The fourth-order valence-electron chi connectivity index (χ4n) is 7.77. The summed E-state index contributed by atoms with van der Waals surface area (Å²) in [5.41, 5.74) is 0. The molecule has 0 N–H and O–H groups in total. The van der Waals surface area contributed by atoms with Crippen molar-refractivity contribution >= 4 is 17.9 Å². The molecule has 6 nitrogen and oxygen atoms in total. The van der Waals surface area contributed by atoms with Crippen LogP contribution in [0.2, 0.25) is 0 Å². The summed E-state index contributed by atoms with van der Waals surface area (Å²) in [6, 6.07) is 0. The summed E-state index contributed by atoms with van der Waals surface area (Å²) < 4.78 is 16.8. The van der Waals surface area contributed by atoms with E-state index >= 15 is 0 Å². The first-order chi connectivity index (χ1) is 39.0. The van der Waals surface area contributed by atoms with E-state index in [2.05, 4.69) is 191 Å². The van der Waals surface area contributed by atoms with Gasteiger partial charge in [0.1, 0.15) is 13.2 Å². The Morgan fingerprint density at radius 2 is 0.519 bits per heavy atom. The first-order valence-electron chi connectivity index (χ1n) is 31.3. The van der Waals surface area contributed by atoms with Crippen molar-refractivity contribution in [1.29, 1.82) is 0 Å². The molecule has 0 bridgehead atoms. The van der Waals surface area contributed by atoms with Gasteiger partial charge in [-0.05, 0) is 148 Å². The summed E-state index contributed by atoms with van der Waals surface area (Å²) in [4.78, 5) is 38.2. The second-order valence-corrected chi connectivity index (χ2v) is 19.8. The number of hydrogen-bond donors (Lipinski definition) is 0. The molecule has 0 aliphatic heterocycles. The lowest BCUT2D eigenvalue weighted by atomic mass is 10.1. The fourth-order valence-corrected chi connectivity index (χ4v) is 7.77. The van der Waals surface area contributed by atoms with Gasteiger partial charge in [-0.1, -0.05) is 254 Å². The van der Waals surface area contributed by atoms with E-state index < -0.39 is 6.10 Å². The van der Waals surface area contributed by atoms with Crippen LogP contribution < -0.4 is 0 Å². The lowest BCUT2D eigenvalue weighted by molar-refractivity contribution is -0.166. The molecule has 0 amide bonds. The maximum absolute atomic E-state index is 12.9. The molecule has 440 valence electrons. The predicted octanol–water partition coefficient (Wildman–Crippen LogP) is 21.7. The molecule has 0 aliphatic carbocycles. The van der Waals surface area contributed by atoms with Gasteiger partial charge in [0.25, 0.3) is 0 Å². The quantitative estimate of drug-likeness (QED) is 0.0261. The summed E-state index contributed by atoms with van der Waals surface area (Å²) in [6.45, 7) is 6.27. The summed E-state index contributed by atoms with van der Waals surface area (Å²) in [6.07, 6.45) is 97.6. The molecule has 0 radical (unpaired) electrons. The van der Waals surface area contributed by atoms with Crippen molar-refractivity contribution in [3.05, 3.63) is 182 Å². The minimum absolute atomic E-state index is 0.128. The van der Waals surface area contributed by atoms with E-state index in [0.29, 0.717) is 12.8 Å². The molecule has 0 aromatic carbocycles. The molecule has 0 heterocycles. The topological polar surface area (TPSA) is 78.9 Å². The van der Waals surface area contributed by atoms with Gasteiger partial charge in [-0.3, -0.25) is 14.4 Å². The Kier molecular flexibility index (Phi) is 60.5. The number of carbonyl (C=O) groups is 3. The molecule has 1 atom stereocenters. The van der Waals surface area contributed by atoms with Crippen LogP contribution in [0.3, 0.4) is 0 Å². The molecule has 79 heavy (non-hydrogen) atoms. The van der Waals surface area contributed by atoms with Crippen LogP contribution in [0.4, 0.5) is 0 Å². The maximum atomic E-state index is 12.9. The third-order valence-corrected chi connectivity index (χ3v) is 12.4. The standard InChI is InChI=1S/C73H112O6/c1-4-7-10-13-16-19-22-25-27-29-31-32-33-34-35-36-37-38-39-40-42-43-45-48-51-54-57-60-63-66-72(75)78-69-70(68-77-71(74)65-62-59-56-53-50-47-24-21-18-15-12-9-6-3)79-73(76)67-64-61-58-55-52-49-46-44-41-30-28-26-23-20-17-14-11-8-5-2/h7,9-10,12,16-21,25-28,31-32,34-35,37-38,40-42,44-45,47-48,50,56,59,70H,4-6,8,11,13-15,22-24,29-30,33,36,39,43,46,49,51-55,57-58,60-69H2,1-3H3/b10-7-,12-9-,19-16-,20-17-,21-18-,27-25-,28-26-,32-31-,35-34-,38-37-,42-40-,44-41-,48-45-,50-47-,59-56-. The molecule has 0 saturated carbocycles. The summed E-state index contributed by atoms with van der Waals surface area (Å²) in [7, 11) is 0. The highest BCUT2D eigenvalue weighted by Gasteiger charge is 2.19. The van der Waals surface area contributed by atoms with E-state index in [0.717, 1.165) is 154 Å². The number of rotatable bonds is 54. The van der Waals surface area contributed by atoms with Crippen LogP contribution in [-0.2, 0) is 28.6 Å². The van der Waals surface area contributed by atoms with Crippen LogP contribution in [0.1, 0.15) is 239 Å². The number of unbranched alkanes of at least 4 members (excludes halogenated alkanes) is 13. The van der Waals surface area contributed by atoms with Crippen molar-refractivity contribution < 1.29 is 28.6 Å². The minimum atomic E-state index is -0.836. The van der Waals surface area contributed by atoms with Gasteiger partial charge >= 0.3 is 17.9 Å². The van der Waals surface area contributed by atoms with Gasteiger partial charge in [-0.25, -0.2) is 0 Å². The predicted molar refractivity (Wildman–Crippen MR) is 343 cm³/mol. The molecule has 1 unspecified atom stereocenters. The molecule has 6 heteroatoms. The minimum Gasteiger partial charge on any atom is -0.462 e. The summed E-state index contributed by atoms with van der Waals surface area (Å²) >= 11 is 0. The van der Waals surface area contributed by atoms with E-state index in [1.54, 1.807) is 0 Å². The first-order valence-corrected chi connectivity index (χ1v) is 31.3.